The Kier molecular flexibility index (Phi) is 3.68. The lowest BCUT2D eigenvalue weighted by Gasteiger charge is -2.34. The first-order valence-electron chi connectivity index (χ1n) is 7.11. The van der Waals surface area contributed by atoms with Crippen LogP contribution in [0.3, 0.4) is 0 Å². The lowest BCUT2D eigenvalue weighted by atomic mass is 10.2. The summed E-state index contributed by atoms with van der Waals surface area (Å²) in [4.78, 5) is 30.6. The summed E-state index contributed by atoms with van der Waals surface area (Å²) in [5, 5.41) is 15.3. The van der Waals surface area contributed by atoms with Gasteiger partial charge in [0.05, 0.1) is 23.4 Å². The fourth-order valence-corrected chi connectivity index (χ4v) is 2.67. The summed E-state index contributed by atoms with van der Waals surface area (Å²) < 4.78 is 1.63. The Balaban J connectivity index is 1.85. The van der Waals surface area contributed by atoms with E-state index in [1.165, 1.54) is 6.20 Å². The van der Waals surface area contributed by atoms with Crippen LogP contribution in [-0.2, 0) is 11.8 Å². The van der Waals surface area contributed by atoms with Crippen LogP contribution >= 0.6 is 0 Å². The highest BCUT2D eigenvalue weighted by atomic mass is 16.6. The molecule has 3 rings (SSSR count). The lowest BCUT2D eigenvalue weighted by molar-refractivity contribution is -0.384. The van der Waals surface area contributed by atoms with E-state index < -0.39 is 4.92 Å². The molecule has 120 valence electrons. The van der Waals surface area contributed by atoms with Crippen molar-refractivity contribution < 1.29 is 9.72 Å². The van der Waals surface area contributed by atoms with E-state index in [0.29, 0.717) is 18.7 Å². The molecule has 0 unspecified atom stereocenters. The van der Waals surface area contributed by atoms with E-state index in [1.807, 2.05) is 0 Å². The highest BCUT2D eigenvalue weighted by Crippen LogP contribution is 2.30. The number of hydrogen-bond donors (Lipinski definition) is 0. The maximum Gasteiger partial charge on any atom is 0.314 e. The van der Waals surface area contributed by atoms with Crippen molar-refractivity contribution in [2.75, 3.05) is 29.4 Å². The van der Waals surface area contributed by atoms with Crippen molar-refractivity contribution in [1.29, 1.82) is 0 Å². The van der Waals surface area contributed by atoms with Crippen LogP contribution in [-0.4, -0.2) is 45.2 Å². The third-order valence-corrected chi connectivity index (χ3v) is 3.81. The van der Waals surface area contributed by atoms with Gasteiger partial charge in [0.2, 0.25) is 11.7 Å². The van der Waals surface area contributed by atoms with Gasteiger partial charge in [-0.1, -0.05) is 0 Å². The minimum atomic E-state index is -0.449. The fourth-order valence-electron chi connectivity index (χ4n) is 2.67. The zero-order valence-corrected chi connectivity index (χ0v) is 12.8. The average molecular weight is 316 g/mol. The predicted molar refractivity (Wildman–Crippen MR) is 83.4 cm³/mol. The number of anilines is 2. The predicted octanol–water partition coefficient (Wildman–Crippen LogP) is 0.885. The molecule has 1 saturated heterocycles. The molecule has 1 aliphatic rings. The molecule has 9 heteroatoms. The van der Waals surface area contributed by atoms with E-state index in [4.69, 9.17) is 0 Å². The number of nitrogens with zero attached hydrogens (tertiary/aromatic N) is 6. The smallest absolute Gasteiger partial charge is 0.314 e. The van der Waals surface area contributed by atoms with Gasteiger partial charge in [-0.25, -0.2) is 4.98 Å². The second-order valence-electron chi connectivity index (χ2n) is 5.40. The summed E-state index contributed by atoms with van der Waals surface area (Å²) in [5.41, 5.74) is 1.21. The van der Waals surface area contributed by atoms with Gasteiger partial charge in [0, 0.05) is 38.1 Å². The molecule has 0 spiro atoms. The molecular formula is C14H16N6O3. The number of carbonyl (C=O) groups is 1. The Morgan fingerprint density at radius 2 is 2.13 bits per heavy atom. The molecule has 23 heavy (non-hydrogen) atoms. The van der Waals surface area contributed by atoms with Gasteiger partial charge in [0.1, 0.15) is 0 Å². The maximum absolute atomic E-state index is 12.4. The molecule has 0 atom stereocenters. The molecule has 2 aromatic heterocycles. The van der Waals surface area contributed by atoms with Crippen LogP contribution in [0, 0.1) is 17.0 Å². The summed E-state index contributed by atoms with van der Waals surface area (Å²) in [7, 11) is 1.78. The van der Waals surface area contributed by atoms with Crippen molar-refractivity contribution in [3.63, 3.8) is 0 Å². The SMILES string of the molecule is Cc1ccnc(N2CCN(c3cnn(C)c3)C(=O)C2)c1[N+](=O)[O-]. The standard InChI is InChI=1S/C14H16N6O3/c1-10-3-4-15-14(13(10)20(22)23)18-5-6-19(12(21)9-18)11-7-16-17(2)8-11/h3-4,7-8H,5-6,9H2,1-2H3. The lowest BCUT2D eigenvalue weighted by Crippen LogP contribution is -2.51. The molecule has 3 heterocycles. The molecule has 0 saturated carbocycles. The molecule has 9 nitrogen and oxygen atoms in total. The van der Waals surface area contributed by atoms with Crippen LogP contribution in [0.15, 0.2) is 24.7 Å². The monoisotopic (exact) mass is 316 g/mol. The van der Waals surface area contributed by atoms with E-state index >= 15 is 0 Å². The van der Waals surface area contributed by atoms with Gasteiger partial charge in [-0.15, -0.1) is 0 Å². The Bertz CT molecular complexity index is 772. The topological polar surface area (TPSA) is 97.4 Å². The highest BCUT2D eigenvalue weighted by Gasteiger charge is 2.31. The number of amides is 1. The average Bonchev–Trinajstić information content (AvgIpc) is 2.92. The van der Waals surface area contributed by atoms with E-state index in [2.05, 4.69) is 10.1 Å². The zero-order valence-electron chi connectivity index (χ0n) is 12.8. The van der Waals surface area contributed by atoms with E-state index in [-0.39, 0.29) is 24.0 Å². The Morgan fingerprint density at radius 1 is 1.35 bits per heavy atom. The third-order valence-electron chi connectivity index (χ3n) is 3.81. The van der Waals surface area contributed by atoms with Gasteiger partial charge in [-0.3, -0.25) is 19.6 Å². The second-order valence-corrected chi connectivity index (χ2v) is 5.40. The van der Waals surface area contributed by atoms with Crippen molar-refractivity contribution in [3.05, 3.63) is 40.3 Å². The van der Waals surface area contributed by atoms with Crippen LogP contribution in [0.2, 0.25) is 0 Å². The number of aromatic nitrogens is 3. The molecule has 1 amide bonds. The minimum Gasteiger partial charge on any atom is -0.340 e. The number of rotatable bonds is 3. The fraction of sp³-hybridized carbons (Fsp3) is 0.357. The Morgan fingerprint density at radius 3 is 2.74 bits per heavy atom. The number of pyridine rings is 1. The van der Waals surface area contributed by atoms with Gasteiger partial charge < -0.3 is 9.80 Å². The molecule has 0 N–H and O–H groups in total. The summed E-state index contributed by atoms with van der Waals surface area (Å²) in [6.45, 7) is 2.61. The van der Waals surface area contributed by atoms with Crippen molar-refractivity contribution in [3.8, 4) is 0 Å². The van der Waals surface area contributed by atoms with Crippen molar-refractivity contribution in [2.45, 2.75) is 6.92 Å². The normalized spacial score (nSPS) is 15.1. The van der Waals surface area contributed by atoms with Crippen LogP contribution in [0.1, 0.15) is 5.56 Å². The Labute approximate surface area is 132 Å². The number of hydrogen-bond acceptors (Lipinski definition) is 6. The highest BCUT2D eigenvalue weighted by molar-refractivity contribution is 5.97. The van der Waals surface area contributed by atoms with Gasteiger partial charge in [0.15, 0.2) is 0 Å². The zero-order chi connectivity index (χ0) is 16.6. The summed E-state index contributed by atoms with van der Waals surface area (Å²) in [5.74, 6) is 0.107. The first kappa shape index (κ1) is 14.9. The molecule has 0 radical (unpaired) electrons. The molecule has 0 aromatic carbocycles. The van der Waals surface area contributed by atoms with E-state index in [9.17, 15) is 14.9 Å². The van der Waals surface area contributed by atoms with Crippen LogP contribution in [0.4, 0.5) is 17.2 Å². The van der Waals surface area contributed by atoms with Crippen molar-refractivity contribution in [1.82, 2.24) is 14.8 Å². The number of piperazine rings is 1. The molecule has 2 aromatic rings. The first-order chi connectivity index (χ1) is 11.0. The Hall–Kier alpha value is -2.97. The van der Waals surface area contributed by atoms with Gasteiger partial charge >= 0.3 is 5.69 Å². The summed E-state index contributed by atoms with van der Waals surface area (Å²) in [6.07, 6.45) is 4.91. The van der Waals surface area contributed by atoms with Crippen LogP contribution in [0.25, 0.3) is 0 Å². The van der Waals surface area contributed by atoms with Crippen molar-refractivity contribution >= 4 is 23.1 Å². The van der Waals surface area contributed by atoms with E-state index in [1.54, 1.807) is 46.9 Å². The third kappa shape index (κ3) is 2.72. The molecule has 0 bridgehead atoms. The number of carbonyl (C=O) groups excluding carboxylic acids is 1. The van der Waals surface area contributed by atoms with Crippen LogP contribution < -0.4 is 9.80 Å². The van der Waals surface area contributed by atoms with Crippen molar-refractivity contribution in [2.24, 2.45) is 7.05 Å². The largest absolute Gasteiger partial charge is 0.340 e. The number of nitro groups is 1. The summed E-state index contributed by atoms with van der Waals surface area (Å²) >= 11 is 0. The summed E-state index contributed by atoms with van der Waals surface area (Å²) in [6, 6.07) is 1.59. The van der Waals surface area contributed by atoms with Gasteiger partial charge in [-0.05, 0) is 13.0 Å². The molecule has 0 aliphatic carbocycles. The second kappa shape index (κ2) is 5.67. The van der Waals surface area contributed by atoms with Crippen LogP contribution in [0.5, 0.6) is 0 Å². The number of aryl methyl sites for hydroxylation is 2. The molecule has 1 aliphatic heterocycles. The molecular weight excluding hydrogens is 300 g/mol. The minimum absolute atomic E-state index is 0.0462. The van der Waals surface area contributed by atoms with E-state index in [0.717, 1.165) is 5.69 Å². The maximum atomic E-state index is 12.4. The molecule has 1 fully saturated rings. The first-order valence-corrected chi connectivity index (χ1v) is 7.11. The van der Waals surface area contributed by atoms with Gasteiger partial charge in [0.25, 0.3) is 0 Å². The quantitative estimate of drug-likeness (QED) is 0.616. The van der Waals surface area contributed by atoms with Gasteiger partial charge in [-0.2, -0.15) is 5.10 Å².